The maximum Gasteiger partial charge on any atom is 0.237 e. The lowest BCUT2D eigenvalue weighted by Gasteiger charge is -2.14. The Labute approximate surface area is 192 Å². The maximum atomic E-state index is 12.6. The molecule has 0 saturated heterocycles. The van der Waals surface area contributed by atoms with Gasteiger partial charge in [-0.05, 0) is 68.5 Å². The quantitative estimate of drug-likeness (QED) is 0.306. The second-order valence-electron chi connectivity index (χ2n) is 6.95. The number of anilines is 3. The average molecular weight is 452 g/mol. The number of methoxy groups -OCH3 is 1. The minimum absolute atomic E-state index is 0.0758. The number of ether oxygens (including phenoxy) is 1. The van der Waals surface area contributed by atoms with Gasteiger partial charge in [-0.3, -0.25) is 4.79 Å². The van der Waals surface area contributed by atoms with Crippen molar-refractivity contribution in [3.05, 3.63) is 78.4 Å². The molecule has 0 heterocycles. The molecule has 1 atom stereocenters. The lowest BCUT2D eigenvalue weighted by atomic mass is 10.2. The second-order valence-corrected chi connectivity index (χ2v) is 8.78. The van der Waals surface area contributed by atoms with E-state index in [1.807, 2.05) is 80.6 Å². The van der Waals surface area contributed by atoms with Crippen LogP contribution in [0, 0.1) is 6.92 Å². The van der Waals surface area contributed by atoms with Gasteiger partial charge in [0, 0.05) is 28.0 Å². The normalized spacial score (nSPS) is 11.3. The number of hydrogen-bond donors (Lipinski definition) is 3. The van der Waals surface area contributed by atoms with Gasteiger partial charge >= 0.3 is 0 Å². The van der Waals surface area contributed by atoms with E-state index in [1.165, 1.54) is 17.3 Å². The minimum atomic E-state index is -0.279. The topological polar surface area (TPSA) is 62.4 Å². The molecule has 3 aromatic rings. The first-order valence-corrected chi connectivity index (χ1v) is 11.1. The molecule has 3 rings (SSSR count). The monoisotopic (exact) mass is 451 g/mol. The number of benzene rings is 3. The molecular weight excluding hydrogens is 426 g/mol. The summed E-state index contributed by atoms with van der Waals surface area (Å²) in [6.07, 6.45) is 0. The van der Waals surface area contributed by atoms with Crippen molar-refractivity contribution in [3.8, 4) is 5.75 Å². The Kier molecular flexibility index (Phi) is 7.92. The van der Waals surface area contributed by atoms with E-state index in [-0.39, 0.29) is 11.2 Å². The van der Waals surface area contributed by atoms with Gasteiger partial charge in [0.1, 0.15) is 5.75 Å². The number of aryl methyl sites for hydroxylation is 1. The van der Waals surface area contributed by atoms with Crippen molar-refractivity contribution in [2.45, 2.75) is 24.0 Å². The van der Waals surface area contributed by atoms with Crippen LogP contribution in [0.4, 0.5) is 17.1 Å². The fourth-order valence-corrected chi connectivity index (χ4v) is 3.94. The fraction of sp³-hybridized carbons (Fsp3) is 0.167. The number of hydrogen-bond acceptors (Lipinski definition) is 4. The number of rotatable bonds is 7. The lowest BCUT2D eigenvalue weighted by molar-refractivity contribution is -0.115. The molecule has 0 radical (unpaired) electrons. The van der Waals surface area contributed by atoms with Crippen LogP contribution >= 0.6 is 24.0 Å². The van der Waals surface area contributed by atoms with Gasteiger partial charge in [0.15, 0.2) is 5.11 Å². The molecule has 5 nitrogen and oxygen atoms in total. The van der Waals surface area contributed by atoms with E-state index in [1.54, 1.807) is 13.2 Å². The van der Waals surface area contributed by atoms with Crippen molar-refractivity contribution in [2.24, 2.45) is 0 Å². The third-order valence-corrected chi connectivity index (χ3v) is 5.72. The molecule has 0 spiro atoms. The van der Waals surface area contributed by atoms with Crippen molar-refractivity contribution in [1.29, 1.82) is 0 Å². The van der Waals surface area contributed by atoms with Crippen LogP contribution in [0.3, 0.4) is 0 Å². The van der Waals surface area contributed by atoms with Gasteiger partial charge in [0.2, 0.25) is 5.91 Å². The summed E-state index contributed by atoms with van der Waals surface area (Å²) in [6, 6.07) is 23.2. The summed E-state index contributed by atoms with van der Waals surface area (Å²) in [5.41, 5.74) is 3.69. The molecule has 7 heteroatoms. The fourth-order valence-electron chi connectivity index (χ4n) is 2.78. The van der Waals surface area contributed by atoms with Gasteiger partial charge in [0.05, 0.1) is 12.4 Å². The molecule has 31 heavy (non-hydrogen) atoms. The van der Waals surface area contributed by atoms with Crippen LogP contribution in [-0.2, 0) is 4.79 Å². The predicted octanol–water partition coefficient (Wildman–Crippen LogP) is 5.93. The summed E-state index contributed by atoms with van der Waals surface area (Å²) < 4.78 is 5.20. The number of carbonyl (C=O) groups is 1. The Morgan fingerprint density at radius 2 is 1.55 bits per heavy atom. The largest absolute Gasteiger partial charge is 0.497 e. The van der Waals surface area contributed by atoms with Gasteiger partial charge in [0.25, 0.3) is 0 Å². The molecule has 0 aliphatic carbocycles. The minimum Gasteiger partial charge on any atom is -0.497 e. The molecule has 0 aromatic heterocycles. The summed E-state index contributed by atoms with van der Waals surface area (Å²) in [5, 5.41) is 9.52. The molecule has 0 saturated carbocycles. The third-order valence-electron chi connectivity index (χ3n) is 4.42. The van der Waals surface area contributed by atoms with E-state index in [0.717, 1.165) is 16.3 Å². The highest BCUT2D eigenvalue weighted by Crippen LogP contribution is 2.27. The predicted molar refractivity (Wildman–Crippen MR) is 134 cm³/mol. The molecular formula is C24H25N3O2S2. The third kappa shape index (κ3) is 7.01. The number of thioether (sulfide) groups is 1. The Morgan fingerprint density at radius 3 is 2.26 bits per heavy atom. The van der Waals surface area contributed by atoms with Crippen LogP contribution in [0.5, 0.6) is 5.75 Å². The zero-order chi connectivity index (χ0) is 22.2. The van der Waals surface area contributed by atoms with Crippen LogP contribution in [0.25, 0.3) is 0 Å². The van der Waals surface area contributed by atoms with Crippen molar-refractivity contribution >= 4 is 52.1 Å². The molecule has 0 fully saturated rings. The highest BCUT2D eigenvalue weighted by molar-refractivity contribution is 8.00. The van der Waals surface area contributed by atoms with E-state index < -0.39 is 0 Å². The van der Waals surface area contributed by atoms with E-state index >= 15 is 0 Å². The Balaban J connectivity index is 1.56. The molecule has 160 valence electrons. The molecule has 0 bridgehead atoms. The number of carbonyl (C=O) groups excluding carboxylic acids is 1. The average Bonchev–Trinajstić information content (AvgIpc) is 2.75. The standard InChI is InChI=1S/C24H25N3O2S2/c1-16-10-12-18(13-11-16)26-24(30)27-20-7-5-9-22(15-20)31-17(2)23(28)25-19-6-4-8-21(14-19)29-3/h4-15,17H,1-3H3,(H,25,28)(H2,26,27,30). The van der Waals surface area contributed by atoms with Gasteiger partial charge in [-0.1, -0.05) is 29.8 Å². The molecule has 1 unspecified atom stereocenters. The van der Waals surface area contributed by atoms with E-state index in [4.69, 9.17) is 17.0 Å². The van der Waals surface area contributed by atoms with Gasteiger partial charge in [-0.2, -0.15) is 0 Å². The van der Waals surface area contributed by atoms with Crippen LogP contribution in [0.15, 0.2) is 77.7 Å². The summed E-state index contributed by atoms with van der Waals surface area (Å²) >= 11 is 6.89. The first kappa shape index (κ1) is 22.7. The highest BCUT2D eigenvalue weighted by atomic mass is 32.2. The maximum absolute atomic E-state index is 12.6. The zero-order valence-corrected chi connectivity index (χ0v) is 19.3. The molecule has 0 aliphatic rings. The van der Waals surface area contributed by atoms with Crippen LogP contribution in [0.2, 0.25) is 0 Å². The van der Waals surface area contributed by atoms with Crippen LogP contribution in [0.1, 0.15) is 12.5 Å². The number of nitrogens with one attached hydrogen (secondary N) is 3. The van der Waals surface area contributed by atoms with Crippen molar-refractivity contribution in [3.63, 3.8) is 0 Å². The Morgan fingerprint density at radius 1 is 0.903 bits per heavy atom. The Hall–Kier alpha value is -3.03. The Bertz CT molecular complexity index is 1050. The first-order chi connectivity index (χ1) is 14.9. The number of thiocarbonyl (C=S) groups is 1. The SMILES string of the molecule is COc1cccc(NC(=O)C(C)Sc2cccc(NC(=S)Nc3ccc(C)cc3)c2)c1. The summed E-state index contributed by atoms with van der Waals surface area (Å²) in [4.78, 5) is 13.6. The lowest BCUT2D eigenvalue weighted by Crippen LogP contribution is -2.22. The van der Waals surface area contributed by atoms with Crippen molar-refractivity contribution < 1.29 is 9.53 Å². The van der Waals surface area contributed by atoms with E-state index in [0.29, 0.717) is 16.5 Å². The highest BCUT2D eigenvalue weighted by Gasteiger charge is 2.15. The molecule has 3 aromatic carbocycles. The summed E-state index contributed by atoms with van der Waals surface area (Å²) in [7, 11) is 1.60. The smallest absolute Gasteiger partial charge is 0.237 e. The molecule has 0 aliphatic heterocycles. The second kappa shape index (κ2) is 10.8. The van der Waals surface area contributed by atoms with Gasteiger partial charge in [-0.25, -0.2) is 0 Å². The van der Waals surface area contributed by atoms with E-state index in [9.17, 15) is 4.79 Å². The van der Waals surface area contributed by atoms with E-state index in [2.05, 4.69) is 16.0 Å². The zero-order valence-electron chi connectivity index (χ0n) is 17.6. The molecule has 3 N–H and O–H groups in total. The molecule has 1 amide bonds. The van der Waals surface area contributed by atoms with Crippen molar-refractivity contribution in [1.82, 2.24) is 0 Å². The van der Waals surface area contributed by atoms with Crippen molar-refractivity contribution in [2.75, 3.05) is 23.1 Å². The number of amides is 1. The van der Waals surface area contributed by atoms with Crippen LogP contribution < -0.4 is 20.7 Å². The summed E-state index contributed by atoms with van der Waals surface area (Å²) in [5.74, 6) is 0.625. The van der Waals surface area contributed by atoms with Gasteiger partial charge in [-0.15, -0.1) is 11.8 Å². The van der Waals surface area contributed by atoms with Gasteiger partial charge < -0.3 is 20.7 Å². The first-order valence-electron chi connectivity index (χ1n) is 9.79. The van der Waals surface area contributed by atoms with Crippen LogP contribution in [-0.4, -0.2) is 23.4 Å². The summed E-state index contributed by atoms with van der Waals surface area (Å²) in [6.45, 7) is 3.92.